The average Bonchev–Trinajstić information content (AvgIpc) is 2.54. The lowest BCUT2D eigenvalue weighted by Crippen LogP contribution is -1.80. The zero-order chi connectivity index (χ0) is 10.5. The molecule has 0 aliphatic rings. The lowest BCUT2D eigenvalue weighted by molar-refractivity contribution is 1.34. The van der Waals surface area contributed by atoms with Gasteiger partial charge in [-0.1, -0.05) is 0 Å². The molecule has 1 N–H and O–H groups in total. The third-order valence-electron chi connectivity index (χ3n) is 1.68. The molecule has 0 spiro atoms. The van der Waals surface area contributed by atoms with E-state index < -0.39 is 0 Å². The minimum absolute atomic E-state index is 0.367. The van der Waals surface area contributed by atoms with Gasteiger partial charge in [0.25, 0.3) is 0 Å². The molecule has 0 unspecified atom stereocenters. The van der Waals surface area contributed by atoms with E-state index in [1.165, 1.54) is 0 Å². The fourth-order valence-corrected chi connectivity index (χ4v) is 3.53. The van der Waals surface area contributed by atoms with Crippen LogP contribution in [0.5, 0.6) is 0 Å². The van der Waals surface area contributed by atoms with Crippen molar-refractivity contribution >= 4 is 86.4 Å². The van der Waals surface area contributed by atoms with E-state index in [1.807, 2.05) is 0 Å². The van der Waals surface area contributed by atoms with Crippen LogP contribution in [0, 0.1) is 0 Å². The average molecular weight is 468 g/mol. The molecule has 0 bridgehead atoms. The molecular weight excluding hydrogens is 467 g/mol. The molecule has 7 heteroatoms. The van der Waals surface area contributed by atoms with Crippen LogP contribution in [0.25, 0.3) is 11.0 Å². The van der Waals surface area contributed by atoms with E-state index in [1.54, 1.807) is 0 Å². The van der Waals surface area contributed by atoms with Crippen molar-refractivity contribution in [2.24, 2.45) is 0 Å². The van der Waals surface area contributed by atoms with Crippen molar-refractivity contribution < 1.29 is 0 Å². The van der Waals surface area contributed by atoms with Crippen LogP contribution in [0.15, 0.2) is 17.9 Å². The molecule has 0 saturated carbocycles. The summed E-state index contributed by atoms with van der Waals surface area (Å²) in [6.45, 7) is 0. The maximum Gasteiger partial charge on any atom is 0.201 e. The number of benzene rings is 1. The van der Waals surface area contributed by atoms with Crippen molar-refractivity contribution in [3.05, 3.63) is 23.2 Å². The first kappa shape index (κ1) is 11.4. The van der Waals surface area contributed by atoms with Crippen LogP contribution in [0.3, 0.4) is 0 Å². The Bertz CT molecular complexity index is 477. The Balaban J connectivity index is 3.01. The Morgan fingerprint density at radius 1 is 0.929 bits per heavy atom. The summed E-state index contributed by atoms with van der Waals surface area (Å²) in [5, 5.41) is 0.367. The van der Waals surface area contributed by atoms with Gasteiger partial charge in [0.2, 0.25) is 5.28 Å². The lowest BCUT2D eigenvalue weighted by atomic mass is 10.3. The molecule has 0 aliphatic carbocycles. The summed E-state index contributed by atoms with van der Waals surface area (Å²) in [6, 6.07) is 0. The third kappa shape index (κ3) is 1.69. The minimum Gasteiger partial charge on any atom is -0.328 e. The summed E-state index contributed by atoms with van der Waals surface area (Å²) in [5.41, 5.74) is 1.65. The van der Waals surface area contributed by atoms with Gasteiger partial charge in [-0.25, -0.2) is 4.98 Å². The summed E-state index contributed by atoms with van der Waals surface area (Å²) < 4.78 is 3.57. The van der Waals surface area contributed by atoms with Crippen LogP contribution < -0.4 is 0 Å². The number of nitrogens with one attached hydrogen (secondary N) is 1. The standard InChI is InChI=1S/C7HBr4ClN2/c8-1-2(9)4(11)6-5(3(1)10)13-7(12)14-6/h(H,13,14). The number of hydrogen-bond acceptors (Lipinski definition) is 1. The van der Waals surface area contributed by atoms with Crippen LogP contribution >= 0.6 is 75.3 Å². The second kappa shape index (κ2) is 4.05. The van der Waals surface area contributed by atoms with E-state index >= 15 is 0 Å². The maximum atomic E-state index is 5.79. The van der Waals surface area contributed by atoms with E-state index in [0.717, 1.165) is 28.9 Å². The van der Waals surface area contributed by atoms with Crippen LogP contribution in [0.1, 0.15) is 0 Å². The second-order valence-corrected chi connectivity index (χ2v) is 6.04. The molecule has 14 heavy (non-hydrogen) atoms. The quantitative estimate of drug-likeness (QED) is 0.415. The number of hydrogen-bond donors (Lipinski definition) is 1. The number of imidazole rings is 1. The molecule has 1 aromatic carbocycles. The normalized spacial score (nSPS) is 11.2. The highest BCUT2D eigenvalue weighted by Crippen LogP contribution is 2.42. The molecule has 1 heterocycles. The molecule has 2 nitrogen and oxygen atoms in total. The number of rotatable bonds is 0. The molecule has 2 aromatic rings. The first-order valence-corrected chi connectivity index (χ1v) is 6.94. The Morgan fingerprint density at radius 2 is 1.50 bits per heavy atom. The highest BCUT2D eigenvalue weighted by Gasteiger charge is 2.16. The van der Waals surface area contributed by atoms with Crippen molar-refractivity contribution in [1.82, 2.24) is 9.97 Å². The van der Waals surface area contributed by atoms with Gasteiger partial charge in [-0.2, -0.15) is 0 Å². The number of aromatic amines is 1. The van der Waals surface area contributed by atoms with Gasteiger partial charge in [-0.3, -0.25) is 0 Å². The van der Waals surface area contributed by atoms with Gasteiger partial charge >= 0.3 is 0 Å². The van der Waals surface area contributed by atoms with Gasteiger partial charge in [0.15, 0.2) is 0 Å². The predicted octanol–water partition coefficient (Wildman–Crippen LogP) is 5.27. The Labute approximate surface area is 118 Å². The van der Waals surface area contributed by atoms with E-state index in [4.69, 9.17) is 11.6 Å². The summed E-state index contributed by atoms with van der Waals surface area (Å²) in [7, 11) is 0. The van der Waals surface area contributed by atoms with Crippen LogP contribution in [-0.4, -0.2) is 9.97 Å². The molecule has 0 amide bonds. The largest absolute Gasteiger partial charge is 0.328 e. The van der Waals surface area contributed by atoms with Crippen LogP contribution in [0.4, 0.5) is 0 Å². The van der Waals surface area contributed by atoms with Crippen LogP contribution in [0.2, 0.25) is 5.28 Å². The van der Waals surface area contributed by atoms with Gasteiger partial charge in [-0.15, -0.1) is 0 Å². The summed E-state index contributed by atoms with van der Waals surface area (Å²) >= 11 is 19.6. The monoisotopic (exact) mass is 464 g/mol. The Kier molecular flexibility index (Phi) is 3.29. The van der Waals surface area contributed by atoms with E-state index in [2.05, 4.69) is 73.7 Å². The molecule has 0 saturated heterocycles. The summed E-state index contributed by atoms with van der Waals surface area (Å²) in [6.07, 6.45) is 0. The van der Waals surface area contributed by atoms with Crippen molar-refractivity contribution in [1.29, 1.82) is 0 Å². The number of nitrogens with zero attached hydrogens (tertiary/aromatic N) is 1. The van der Waals surface area contributed by atoms with Crippen molar-refractivity contribution in [2.45, 2.75) is 0 Å². The zero-order valence-corrected chi connectivity index (χ0v) is 13.4. The third-order valence-corrected chi connectivity index (χ3v) is 6.61. The zero-order valence-electron chi connectivity index (χ0n) is 6.34. The van der Waals surface area contributed by atoms with E-state index in [0.29, 0.717) is 5.28 Å². The lowest BCUT2D eigenvalue weighted by Gasteiger charge is -2.03. The highest BCUT2D eigenvalue weighted by atomic mass is 79.9. The molecule has 1 aromatic heterocycles. The Morgan fingerprint density at radius 3 is 2.14 bits per heavy atom. The van der Waals surface area contributed by atoms with Crippen molar-refractivity contribution in [3.63, 3.8) is 0 Å². The van der Waals surface area contributed by atoms with Gasteiger partial charge < -0.3 is 4.98 Å². The number of halogens is 5. The first-order chi connectivity index (χ1) is 6.52. The molecule has 0 radical (unpaired) electrons. The van der Waals surface area contributed by atoms with Crippen molar-refractivity contribution in [3.8, 4) is 0 Å². The first-order valence-electron chi connectivity index (χ1n) is 3.39. The predicted molar refractivity (Wildman–Crippen MR) is 71.9 cm³/mol. The van der Waals surface area contributed by atoms with Crippen molar-refractivity contribution in [2.75, 3.05) is 0 Å². The number of H-pyrrole nitrogens is 1. The van der Waals surface area contributed by atoms with Gasteiger partial charge in [-0.05, 0) is 75.3 Å². The fourth-order valence-electron chi connectivity index (χ4n) is 1.07. The SMILES string of the molecule is Clc1nc2c(Br)c(Br)c(Br)c(Br)c2[nH]1. The minimum atomic E-state index is 0.367. The highest BCUT2D eigenvalue weighted by molar-refractivity contribution is 9.15. The fraction of sp³-hybridized carbons (Fsp3) is 0. The molecule has 0 fully saturated rings. The number of aromatic nitrogens is 2. The summed E-state index contributed by atoms with van der Waals surface area (Å²) in [4.78, 5) is 7.12. The van der Waals surface area contributed by atoms with Gasteiger partial charge in [0.1, 0.15) is 5.52 Å². The van der Waals surface area contributed by atoms with E-state index in [-0.39, 0.29) is 0 Å². The molecule has 0 aliphatic heterocycles. The smallest absolute Gasteiger partial charge is 0.201 e. The molecular formula is C7HBr4ClN2. The summed E-state index contributed by atoms with van der Waals surface area (Å²) in [5.74, 6) is 0. The number of fused-ring (bicyclic) bond motifs is 1. The topological polar surface area (TPSA) is 28.7 Å². The molecule has 74 valence electrons. The molecule has 0 atom stereocenters. The van der Waals surface area contributed by atoms with E-state index in [9.17, 15) is 0 Å². The Hall–Kier alpha value is 0.900. The van der Waals surface area contributed by atoms with Crippen LogP contribution in [-0.2, 0) is 0 Å². The van der Waals surface area contributed by atoms with Gasteiger partial charge in [0, 0.05) is 8.95 Å². The second-order valence-electron chi connectivity index (χ2n) is 2.51. The van der Waals surface area contributed by atoms with Gasteiger partial charge in [0.05, 0.1) is 14.5 Å². The maximum absolute atomic E-state index is 5.79. The molecule has 2 rings (SSSR count).